The number of alkyl halides is 1. The van der Waals surface area contributed by atoms with Crippen LogP contribution in [0, 0.1) is 12.7 Å². The molecule has 13 heavy (non-hydrogen) atoms. The van der Waals surface area contributed by atoms with Crippen LogP contribution in [0.25, 0.3) is 0 Å². The zero-order valence-electron chi connectivity index (χ0n) is 7.10. The summed E-state index contributed by atoms with van der Waals surface area (Å²) in [5, 5.41) is 2.79. The second-order valence-electron chi connectivity index (χ2n) is 2.64. The number of rotatable bonds is 2. The maximum atomic E-state index is 12.7. The Bertz CT molecular complexity index is 327. The highest BCUT2D eigenvalue weighted by Gasteiger charge is 2.03. The van der Waals surface area contributed by atoms with Crippen LogP contribution < -0.4 is 5.32 Å². The third-order valence-corrected chi connectivity index (χ3v) is 2.10. The van der Waals surface area contributed by atoms with Gasteiger partial charge in [0, 0.05) is 5.69 Å². The van der Waals surface area contributed by atoms with Gasteiger partial charge in [0.2, 0.25) is 5.91 Å². The van der Waals surface area contributed by atoms with E-state index < -0.39 is 0 Å². The van der Waals surface area contributed by atoms with E-state index in [9.17, 15) is 9.18 Å². The van der Waals surface area contributed by atoms with Gasteiger partial charge in [-0.2, -0.15) is 0 Å². The lowest BCUT2D eigenvalue weighted by atomic mass is 10.2. The number of aryl methyl sites for hydroxylation is 1. The number of carbonyl (C=O) groups is 1. The van der Waals surface area contributed by atoms with Gasteiger partial charge in [0.05, 0.1) is 5.33 Å². The van der Waals surface area contributed by atoms with Gasteiger partial charge in [-0.1, -0.05) is 22.0 Å². The standard InChI is InChI=1S/C9H9BrFNO/c1-6-2-3-7(11)4-8(6)12-9(13)5-10/h2-4H,5H2,1H3,(H,12,13). The molecule has 1 amide bonds. The van der Waals surface area contributed by atoms with Crippen LogP contribution in [0.15, 0.2) is 18.2 Å². The van der Waals surface area contributed by atoms with Crippen LogP contribution in [0.3, 0.4) is 0 Å². The predicted molar refractivity (Wildman–Crippen MR) is 53.6 cm³/mol. The molecule has 2 nitrogen and oxygen atoms in total. The largest absolute Gasteiger partial charge is 0.325 e. The first-order valence-corrected chi connectivity index (χ1v) is 4.87. The lowest BCUT2D eigenvalue weighted by molar-refractivity contribution is -0.113. The van der Waals surface area contributed by atoms with E-state index in [1.54, 1.807) is 6.07 Å². The molecule has 0 aromatic heterocycles. The fraction of sp³-hybridized carbons (Fsp3) is 0.222. The smallest absolute Gasteiger partial charge is 0.235 e. The molecule has 1 rings (SSSR count). The highest BCUT2D eigenvalue weighted by atomic mass is 79.9. The van der Waals surface area contributed by atoms with Crippen LogP contribution in [0.1, 0.15) is 5.56 Å². The Kier molecular flexibility index (Phi) is 3.42. The maximum absolute atomic E-state index is 12.7. The molecule has 0 bridgehead atoms. The van der Waals surface area contributed by atoms with Gasteiger partial charge in [0.25, 0.3) is 0 Å². The van der Waals surface area contributed by atoms with Crippen LogP contribution in [0.4, 0.5) is 10.1 Å². The van der Waals surface area contributed by atoms with Crippen molar-refractivity contribution in [2.45, 2.75) is 6.92 Å². The molecule has 0 fully saturated rings. The minimum Gasteiger partial charge on any atom is -0.325 e. The highest BCUT2D eigenvalue weighted by molar-refractivity contribution is 9.09. The lowest BCUT2D eigenvalue weighted by Gasteiger charge is -2.06. The van der Waals surface area contributed by atoms with E-state index in [0.29, 0.717) is 5.69 Å². The van der Waals surface area contributed by atoms with Crippen LogP contribution in [0.2, 0.25) is 0 Å². The van der Waals surface area contributed by atoms with E-state index in [1.165, 1.54) is 12.1 Å². The summed E-state index contributed by atoms with van der Waals surface area (Å²) in [5.74, 6) is -0.538. The SMILES string of the molecule is Cc1ccc(F)cc1NC(=O)CBr. The number of carbonyl (C=O) groups excluding carboxylic acids is 1. The third kappa shape index (κ3) is 2.81. The molecule has 4 heteroatoms. The van der Waals surface area contributed by atoms with Crippen molar-refractivity contribution in [3.8, 4) is 0 Å². The zero-order chi connectivity index (χ0) is 9.84. The monoisotopic (exact) mass is 245 g/mol. The van der Waals surface area contributed by atoms with E-state index in [-0.39, 0.29) is 17.1 Å². The van der Waals surface area contributed by atoms with Gasteiger partial charge < -0.3 is 5.32 Å². The molecule has 1 N–H and O–H groups in total. The molecule has 0 spiro atoms. The topological polar surface area (TPSA) is 29.1 Å². The van der Waals surface area contributed by atoms with Gasteiger partial charge >= 0.3 is 0 Å². The van der Waals surface area contributed by atoms with Gasteiger partial charge in [-0.3, -0.25) is 4.79 Å². The van der Waals surface area contributed by atoms with Crippen molar-refractivity contribution in [2.24, 2.45) is 0 Å². The van der Waals surface area contributed by atoms with Crippen LogP contribution in [-0.4, -0.2) is 11.2 Å². The van der Waals surface area contributed by atoms with Gasteiger partial charge in [0.15, 0.2) is 0 Å². The zero-order valence-corrected chi connectivity index (χ0v) is 8.69. The van der Waals surface area contributed by atoms with Crippen molar-refractivity contribution in [2.75, 3.05) is 10.6 Å². The van der Waals surface area contributed by atoms with Crippen molar-refractivity contribution in [1.82, 2.24) is 0 Å². The number of hydrogen-bond donors (Lipinski definition) is 1. The number of amides is 1. The molecule has 0 heterocycles. The normalized spacial score (nSPS) is 9.77. The van der Waals surface area contributed by atoms with Gasteiger partial charge in [-0.05, 0) is 24.6 Å². The van der Waals surface area contributed by atoms with Crippen molar-refractivity contribution < 1.29 is 9.18 Å². The minimum absolute atomic E-state index is 0.186. The second kappa shape index (κ2) is 4.37. The number of nitrogens with one attached hydrogen (secondary N) is 1. The first kappa shape index (κ1) is 10.2. The van der Waals surface area contributed by atoms with Crippen molar-refractivity contribution >= 4 is 27.5 Å². The molecule has 0 saturated heterocycles. The summed E-state index contributed by atoms with van der Waals surface area (Å²) in [7, 11) is 0. The van der Waals surface area contributed by atoms with E-state index in [0.717, 1.165) is 5.56 Å². The number of benzene rings is 1. The van der Waals surface area contributed by atoms with Crippen LogP contribution in [0.5, 0.6) is 0 Å². The molecular formula is C9H9BrFNO. The average molecular weight is 246 g/mol. The minimum atomic E-state index is -0.351. The van der Waals surface area contributed by atoms with Crippen molar-refractivity contribution in [3.63, 3.8) is 0 Å². The number of anilines is 1. The summed E-state index contributed by atoms with van der Waals surface area (Å²) in [6.45, 7) is 1.81. The van der Waals surface area contributed by atoms with E-state index in [1.807, 2.05) is 6.92 Å². The molecule has 0 aliphatic heterocycles. The predicted octanol–water partition coefficient (Wildman–Crippen LogP) is 2.47. The van der Waals surface area contributed by atoms with Gasteiger partial charge in [-0.15, -0.1) is 0 Å². The molecule has 0 unspecified atom stereocenters. The lowest BCUT2D eigenvalue weighted by Crippen LogP contribution is -2.13. The average Bonchev–Trinajstić information content (AvgIpc) is 2.11. The summed E-state index contributed by atoms with van der Waals surface area (Å²) in [4.78, 5) is 11.0. The molecule has 0 atom stereocenters. The van der Waals surface area contributed by atoms with Crippen LogP contribution >= 0.6 is 15.9 Å². The first-order chi connectivity index (χ1) is 6.13. The fourth-order valence-corrected chi connectivity index (χ4v) is 1.05. The Labute approximate surface area is 84.3 Å². The third-order valence-electron chi connectivity index (χ3n) is 1.60. The molecule has 70 valence electrons. The molecule has 0 aliphatic rings. The van der Waals surface area contributed by atoms with Crippen molar-refractivity contribution in [1.29, 1.82) is 0 Å². The number of hydrogen-bond acceptors (Lipinski definition) is 1. The summed E-state index contributed by atoms with van der Waals surface area (Å²) in [5.41, 5.74) is 1.36. The molecule has 0 radical (unpaired) electrons. The second-order valence-corrected chi connectivity index (χ2v) is 3.20. The molecule has 1 aromatic carbocycles. The summed E-state index contributed by atoms with van der Waals surface area (Å²) in [6, 6.07) is 4.29. The summed E-state index contributed by atoms with van der Waals surface area (Å²) < 4.78 is 12.7. The Morgan fingerprint density at radius 3 is 2.92 bits per heavy atom. The Hall–Kier alpha value is -0.900. The Morgan fingerprint density at radius 2 is 2.31 bits per heavy atom. The van der Waals surface area contributed by atoms with Crippen LogP contribution in [-0.2, 0) is 4.79 Å². The Morgan fingerprint density at radius 1 is 1.62 bits per heavy atom. The molecule has 0 aliphatic carbocycles. The first-order valence-electron chi connectivity index (χ1n) is 3.75. The highest BCUT2D eigenvalue weighted by Crippen LogP contribution is 2.15. The summed E-state index contributed by atoms with van der Waals surface area (Å²) in [6.07, 6.45) is 0. The van der Waals surface area contributed by atoms with Gasteiger partial charge in [-0.25, -0.2) is 4.39 Å². The van der Waals surface area contributed by atoms with Crippen molar-refractivity contribution in [3.05, 3.63) is 29.6 Å². The quantitative estimate of drug-likeness (QED) is 0.798. The number of halogens is 2. The molecule has 0 saturated carbocycles. The summed E-state index contributed by atoms with van der Waals surface area (Å²) >= 11 is 3.01. The maximum Gasteiger partial charge on any atom is 0.235 e. The fourth-order valence-electron chi connectivity index (χ4n) is 0.913. The molecular weight excluding hydrogens is 237 g/mol. The Balaban J connectivity index is 2.87. The van der Waals surface area contributed by atoms with E-state index in [4.69, 9.17) is 0 Å². The van der Waals surface area contributed by atoms with Gasteiger partial charge in [0.1, 0.15) is 5.82 Å². The van der Waals surface area contributed by atoms with E-state index in [2.05, 4.69) is 21.2 Å². The molecule has 1 aromatic rings. The van der Waals surface area contributed by atoms with E-state index >= 15 is 0 Å².